The first-order chi connectivity index (χ1) is 42.6. The van der Waals surface area contributed by atoms with E-state index in [1.54, 1.807) is 0 Å². The molecule has 496 valence electrons. The number of primary amides is 1. The molecule has 0 bridgehead atoms. The smallest absolute Gasteiger partial charge is 0.321 e. The molecule has 6 amide bonds. The van der Waals surface area contributed by atoms with Gasteiger partial charge in [0.2, 0.25) is 47.0 Å². The summed E-state index contributed by atoms with van der Waals surface area (Å²) in [5.41, 5.74) is 6.48. The van der Waals surface area contributed by atoms with Gasteiger partial charge in [0, 0.05) is 36.0 Å². The number of aliphatic hydroxyl groups is 1. The van der Waals surface area contributed by atoms with Gasteiger partial charge in [-0.3, -0.25) is 83.6 Å². The number of aliphatic carboxylic acids is 2. The van der Waals surface area contributed by atoms with Gasteiger partial charge in [0.05, 0.1) is 73.2 Å². The van der Waals surface area contributed by atoms with Crippen LogP contribution in [0.4, 0.5) is 0 Å². The van der Waals surface area contributed by atoms with E-state index in [1.165, 1.54) is 69.3 Å². The first-order valence-electron chi connectivity index (χ1n) is 28.1. The van der Waals surface area contributed by atoms with E-state index in [2.05, 4.69) is 78.5 Å². The molecule has 2 aliphatic rings. The van der Waals surface area contributed by atoms with Gasteiger partial charge >= 0.3 is 11.9 Å². The summed E-state index contributed by atoms with van der Waals surface area (Å²) in [6.45, 7) is 3.07. The van der Waals surface area contributed by atoms with E-state index < -0.39 is 186 Å². The summed E-state index contributed by atoms with van der Waals surface area (Å²) in [6, 6.07) is -6.20. The van der Waals surface area contributed by atoms with Crippen LogP contribution in [0.15, 0.2) is 48.5 Å². The number of carboxylic acid groups (broad SMARTS) is 2. The highest BCUT2D eigenvalue weighted by molar-refractivity contribution is 8.76. The molecule has 28 nitrogen and oxygen atoms in total. The summed E-state index contributed by atoms with van der Waals surface area (Å²) in [4.78, 5) is 179. The van der Waals surface area contributed by atoms with Crippen LogP contribution in [0.5, 0.6) is 11.5 Å². The molecule has 0 aromatic heterocycles. The third kappa shape index (κ3) is 24.5. The number of rotatable bonds is 26. The zero-order valence-electron chi connectivity index (χ0n) is 49.1. The number of amides is 6. The molecule has 2 aliphatic heterocycles. The number of phenols is 2. The lowest BCUT2D eigenvalue weighted by Gasteiger charge is -2.31. The fraction of sp³-hybridized carbons (Fsp3) is 0.545. The number of aliphatic hydroxyl groups excluding tert-OH is 1. The SMILES string of the molecule is CC1N[C@@H](CS)C(=O)N[C@@H](CC(N)=O)C(=O)N2CCC[C@H]2C(=O)N[C@@H](C)C(=O)C(N[C@H](C(=O)NCC(=O)C(CSS)N[C@@H](Cc2ccc(O)cc2)C(=O)O)[C@@H](C)O)CSSCC(C(=O)C(=O)CSS)N[C@@H](CCC(=O)O)C(=O)N[C@@H](Cc2ccc(O)cc2)C1=O. The second-order valence-electron chi connectivity index (χ2n) is 21.2. The van der Waals surface area contributed by atoms with Crippen LogP contribution in [0.2, 0.25) is 0 Å². The van der Waals surface area contributed by atoms with Crippen LogP contribution in [0.3, 0.4) is 0 Å². The van der Waals surface area contributed by atoms with Crippen LogP contribution in [0.25, 0.3) is 0 Å². The van der Waals surface area contributed by atoms with Crippen molar-refractivity contribution in [2.75, 3.05) is 41.9 Å². The van der Waals surface area contributed by atoms with Gasteiger partial charge in [-0.1, -0.05) is 67.4 Å². The summed E-state index contributed by atoms with van der Waals surface area (Å²) >= 11 is 12.5. The monoisotopic (exact) mass is 1390 g/mol. The van der Waals surface area contributed by atoms with E-state index >= 15 is 0 Å². The average molecular weight is 1390 g/mol. The molecular weight excluding hydrogens is 1310 g/mol. The van der Waals surface area contributed by atoms with Crippen molar-refractivity contribution in [3.8, 4) is 11.5 Å². The lowest BCUT2D eigenvalue weighted by Crippen LogP contribution is -2.61. The molecule has 2 heterocycles. The zero-order chi connectivity index (χ0) is 66.9. The highest BCUT2D eigenvalue weighted by Crippen LogP contribution is 2.26. The number of ketones is 5. The molecule has 0 radical (unpaired) electrons. The lowest BCUT2D eigenvalue weighted by atomic mass is 9.97. The predicted molar refractivity (Wildman–Crippen MR) is 348 cm³/mol. The Balaban J connectivity index is 1.77. The first-order valence-corrected chi connectivity index (χ1v) is 35.3. The first kappa shape index (κ1) is 76.9. The Labute approximate surface area is 550 Å². The predicted octanol–water partition coefficient (Wildman–Crippen LogP) is -1.68. The number of thiol groups is 3. The summed E-state index contributed by atoms with van der Waals surface area (Å²) < 4.78 is 0. The van der Waals surface area contributed by atoms with Gasteiger partial charge in [0.1, 0.15) is 35.7 Å². The molecule has 0 aliphatic carbocycles. The topological polar surface area (TPSA) is 449 Å². The number of fused-ring (bicyclic) bond motifs is 1. The van der Waals surface area contributed by atoms with Crippen LogP contribution in [0.1, 0.15) is 64.0 Å². The van der Waals surface area contributed by atoms with Gasteiger partial charge in [-0.15, -0.1) is 23.3 Å². The molecule has 15 N–H and O–H groups in total. The van der Waals surface area contributed by atoms with Gasteiger partial charge in [0.15, 0.2) is 17.3 Å². The second kappa shape index (κ2) is 38.4. The number of hydrogen-bond acceptors (Lipinski definition) is 27. The van der Waals surface area contributed by atoms with E-state index in [1.807, 2.05) is 0 Å². The summed E-state index contributed by atoms with van der Waals surface area (Å²) in [6.07, 6.45) is -3.61. The Morgan fingerprint density at radius 2 is 1.38 bits per heavy atom. The van der Waals surface area contributed by atoms with Crippen LogP contribution >= 0.6 is 79.1 Å². The molecule has 2 saturated heterocycles. The Kier molecular flexibility index (Phi) is 32.8. The van der Waals surface area contributed by atoms with Gasteiger partial charge in [-0.2, -0.15) is 12.6 Å². The highest BCUT2D eigenvalue weighted by atomic mass is 33.1. The van der Waals surface area contributed by atoms with Crippen molar-refractivity contribution >= 4 is 155 Å². The van der Waals surface area contributed by atoms with Crippen molar-refractivity contribution in [2.24, 2.45) is 5.73 Å². The average Bonchev–Trinajstić information content (AvgIpc) is 1.98. The number of nitrogens with two attached hydrogens (primary N) is 1. The normalized spacial score (nSPS) is 24.3. The highest BCUT2D eigenvalue weighted by Gasteiger charge is 2.42. The molecule has 13 atom stereocenters. The van der Waals surface area contributed by atoms with Gasteiger partial charge < -0.3 is 57.4 Å². The number of phenolic OH excluding ortho intramolecular Hbond substituents is 2. The number of carbonyl (C=O) groups is 13. The van der Waals surface area contributed by atoms with Gasteiger partial charge in [-0.05, 0) is 88.3 Å². The number of carboxylic acids is 2. The Morgan fingerprint density at radius 3 is 1.96 bits per heavy atom. The van der Waals surface area contributed by atoms with Crippen molar-refractivity contribution < 1.29 is 87.9 Å². The fourth-order valence-corrected chi connectivity index (χ4v) is 13.7. The number of nitrogens with zero attached hydrogens (tertiary/aromatic N) is 1. The molecule has 2 fully saturated rings. The number of carbonyl (C=O) groups excluding carboxylic acids is 11. The quantitative estimate of drug-likeness (QED) is 0.0284. The second-order valence-corrected chi connectivity index (χ2v) is 26.8. The maximum Gasteiger partial charge on any atom is 0.321 e. The fourth-order valence-electron chi connectivity index (χ4n) is 9.58. The Hall–Kier alpha value is -5.60. The maximum absolute atomic E-state index is 14.7. The van der Waals surface area contributed by atoms with E-state index in [0.29, 0.717) is 21.9 Å². The molecule has 2 aromatic carbocycles. The Bertz CT molecular complexity index is 2890. The van der Waals surface area contributed by atoms with Crippen molar-refractivity contribution in [3.63, 3.8) is 0 Å². The van der Waals surface area contributed by atoms with Crippen LogP contribution in [-0.2, 0) is 75.2 Å². The third-order valence-electron chi connectivity index (χ3n) is 14.4. The van der Waals surface area contributed by atoms with Crippen LogP contribution < -0.4 is 48.3 Å². The maximum atomic E-state index is 14.7. The molecule has 90 heavy (non-hydrogen) atoms. The molecule has 4 unspecified atom stereocenters. The van der Waals surface area contributed by atoms with E-state index in [9.17, 15) is 87.9 Å². The standard InChI is InChI=1S/C55H76N10O18S7/c1-26-47(74)34(17-29-6-10-31(67)11-7-29)63-50(77)33(14-15-45(72)73)60-40(49(76)43(70)25-88-86)24-90-89-23-39(48(75)27(2)59-52(79)41-5-4-16-65(41)54(81)35(19-44(56)71)64-51(78)37(21-84)58-26)62-46(28(3)66)53(80)57-20-42(69)38(22-87-85)61-36(55(82)83)18-30-8-12-32(68)13-9-30/h6-13,26-28,33-41,46,58,60-62,66-68,84-86H,4-5,14-25H2,1-3H3,(H2,56,71)(H,57,80)(H,59,79)(H,63,77)(H,64,78)(H,72,73)(H,82,83)/t26?,27-,28+,33-,34-,35-,36-,37-,38?,39?,40?,41-,46-/m0/s1. The van der Waals surface area contributed by atoms with Gasteiger partial charge in [0.25, 0.3) is 0 Å². The molecule has 2 aromatic rings. The minimum absolute atomic E-state index is 0.0495. The van der Waals surface area contributed by atoms with Gasteiger partial charge in [-0.25, -0.2) is 0 Å². The van der Waals surface area contributed by atoms with Crippen LogP contribution in [-0.4, -0.2) is 227 Å². The number of aromatic hydroxyl groups is 2. The molecule has 0 saturated carbocycles. The van der Waals surface area contributed by atoms with Crippen molar-refractivity contribution in [3.05, 3.63) is 59.7 Å². The zero-order valence-corrected chi connectivity index (χ0v) is 55.0. The molecule has 35 heteroatoms. The van der Waals surface area contributed by atoms with E-state index in [-0.39, 0.29) is 66.7 Å². The van der Waals surface area contributed by atoms with E-state index in [4.69, 9.17) is 5.73 Å². The number of nitrogens with one attached hydrogen (secondary N) is 8. The summed E-state index contributed by atoms with van der Waals surface area (Å²) in [5.74, 6) is -14.5. The van der Waals surface area contributed by atoms with Crippen molar-refractivity contribution in [1.82, 2.24) is 47.4 Å². The minimum Gasteiger partial charge on any atom is -0.508 e. The Morgan fingerprint density at radius 1 is 0.767 bits per heavy atom. The molecule has 0 spiro atoms. The minimum atomic E-state index is -1.70. The van der Waals surface area contributed by atoms with Crippen LogP contribution in [0, 0.1) is 0 Å². The molecule has 4 rings (SSSR count). The summed E-state index contributed by atoms with van der Waals surface area (Å²) in [5, 5.41) is 72.1. The number of Topliss-reactive ketones (excluding diaryl/α,β-unsaturated/α-hetero) is 5. The number of benzene rings is 2. The lowest BCUT2D eigenvalue weighted by molar-refractivity contribution is -0.143. The van der Waals surface area contributed by atoms with Crippen molar-refractivity contribution in [1.29, 1.82) is 0 Å². The van der Waals surface area contributed by atoms with Crippen molar-refractivity contribution in [2.45, 2.75) is 144 Å². The third-order valence-corrected chi connectivity index (χ3v) is 18.9. The number of hydrogen-bond donors (Lipinski definition) is 17. The van der Waals surface area contributed by atoms with E-state index in [0.717, 1.165) is 37.3 Å². The largest absolute Gasteiger partial charge is 0.508 e. The molecular formula is C55H76N10O18S7. The summed E-state index contributed by atoms with van der Waals surface area (Å²) in [7, 11) is 3.37.